The summed E-state index contributed by atoms with van der Waals surface area (Å²) in [5.74, 6) is 1.63. The van der Waals surface area contributed by atoms with Gasteiger partial charge in [0.15, 0.2) is 0 Å². The molecule has 1 aliphatic rings. The number of aromatic nitrogens is 1. The third kappa shape index (κ3) is 2.33. The van der Waals surface area contributed by atoms with Crippen LogP contribution in [0.4, 0.5) is 5.82 Å². The van der Waals surface area contributed by atoms with Gasteiger partial charge in [-0.05, 0) is 30.9 Å². The molecular weight excluding hydrogens is 198 g/mol. The van der Waals surface area contributed by atoms with E-state index in [0.29, 0.717) is 5.56 Å². The van der Waals surface area contributed by atoms with Gasteiger partial charge in [0.25, 0.3) is 0 Å². The van der Waals surface area contributed by atoms with E-state index < -0.39 is 0 Å². The number of hydrogen-bond donors (Lipinski definition) is 1. The molecular formula is C13H17N3. The van der Waals surface area contributed by atoms with E-state index in [1.807, 2.05) is 13.0 Å². The lowest BCUT2D eigenvalue weighted by atomic mass is 9.83. The molecule has 1 heterocycles. The van der Waals surface area contributed by atoms with Crippen molar-refractivity contribution in [3.05, 3.63) is 23.4 Å². The molecule has 16 heavy (non-hydrogen) atoms. The highest BCUT2D eigenvalue weighted by Crippen LogP contribution is 2.29. The summed E-state index contributed by atoms with van der Waals surface area (Å²) in [6, 6.07) is 4.08. The first-order valence-electron chi connectivity index (χ1n) is 5.91. The van der Waals surface area contributed by atoms with Crippen molar-refractivity contribution in [3.63, 3.8) is 0 Å². The highest BCUT2D eigenvalue weighted by molar-refractivity contribution is 5.55. The van der Waals surface area contributed by atoms with Gasteiger partial charge in [-0.2, -0.15) is 5.26 Å². The van der Waals surface area contributed by atoms with Crippen LogP contribution in [-0.4, -0.2) is 11.5 Å². The summed E-state index contributed by atoms with van der Waals surface area (Å²) in [7, 11) is 0. The van der Waals surface area contributed by atoms with Crippen LogP contribution in [0.25, 0.3) is 0 Å². The normalized spacial score (nSPS) is 15.2. The van der Waals surface area contributed by atoms with E-state index in [4.69, 9.17) is 5.26 Å². The Kier molecular flexibility index (Phi) is 3.40. The molecule has 1 aliphatic carbocycles. The number of aryl methyl sites for hydroxylation is 1. The summed E-state index contributed by atoms with van der Waals surface area (Å²) in [4.78, 5) is 4.22. The van der Waals surface area contributed by atoms with Crippen LogP contribution in [-0.2, 0) is 0 Å². The summed E-state index contributed by atoms with van der Waals surface area (Å²) in [5, 5.41) is 12.3. The van der Waals surface area contributed by atoms with Crippen molar-refractivity contribution in [2.24, 2.45) is 5.92 Å². The SMILES string of the molecule is Cc1ccnc(NCCC2CCC2)c1C#N. The molecule has 0 aromatic carbocycles. The van der Waals surface area contributed by atoms with Crippen molar-refractivity contribution in [1.82, 2.24) is 4.98 Å². The fourth-order valence-electron chi connectivity index (χ4n) is 2.01. The van der Waals surface area contributed by atoms with Crippen molar-refractivity contribution in [1.29, 1.82) is 5.26 Å². The van der Waals surface area contributed by atoms with E-state index in [1.165, 1.54) is 25.7 Å². The number of pyridine rings is 1. The second-order valence-electron chi connectivity index (χ2n) is 4.48. The van der Waals surface area contributed by atoms with Gasteiger partial charge in [-0.15, -0.1) is 0 Å². The molecule has 0 spiro atoms. The summed E-state index contributed by atoms with van der Waals surface area (Å²) < 4.78 is 0. The summed E-state index contributed by atoms with van der Waals surface area (Å²) in [6.45, 7) is 2.87. The summed E-state index contributed by atoms with van der Waals surface area (Å²) in [6.07, 6.45) is 7.07. The molecule has 0 unspecified atom stereocenters. The van der Waals surface area contributed by atoms with Crippen LogP contribution in [0.3, 0.4) is 0 Å². The standard InChI is InChI=1S/C13H17N3/c1-10-5-7-15-13(12(10)9-14)16-8-6-11-3-2-4-11/h5,7,11H,2-4,6,8H2,1H3,(H,15,16). The molecule has 0 radical (unpaired) electrons. The Hall–Kier alpha value is -1.56. The third-order valence-corrected chi connectivity index (χ3v) is 3.34. The zero-order chi connectivity index (χ0) is 11.4. The first kappa shape index (κ1) is 10.9. The molecule has 1 fully saturated rings. The number of nitrogens with zero attached hydrogens (tertiary/aromatic N) is 2. The lowest BCUT2D eigenvalue weighted by Gasteiger charge is -2.25. The molecule has 0 atom stereocenters. The molecule has 1 aromatic heterocycles. The monoisotopic (exact) mass is 215 g/mol. The number of rotatable bonds is 4. The molecule has 1 aromatic rings. The average Bonchev–Trinajstić information content (AvgIpc) is 2.22. The number of nitriles is 1. The van der Waals surface area contributed by atoms with E-state index >= 15 is 0 Å². The zero-order valence-corrected chi connectivity index (χ0v) is 9.66. The summed E-state index contributed by atoms with van der Waals surface area (Å²) in [5.41, 5.74) is 1.67. The second kappa shape index (κ2) is 4.98. The van der Waals surface area contributed by atoms with Crippen LogP contribution >= 0.6 is 0 Å². The second-order valence-corrected chi connectivity index (χ2v) is 4.48. The Balaban J connectivity index is 1.93. The van der Waals surface area contributed by atoms with Crippen molar-refractivity contribution in [2.45, 2.75) is 32.6 Å². The van der Waals surface area contributed by atoms with Gasteiger partial charge in [-0.1, -0.05) is 19.3 Å². The van der Waals surface area contributed by atoms with Crippen molar-refractivity contribution < 1.29 is 0 Å². The highest BCUT2D eigenvalue weighted by atomic mass is 15.0. The van der Waals surface area contributed by atoms with Crippen LogP contribution in [0, 0.1) is 24.2 Å². The molecule has 0 bridgehead atoms. The Morgan fingerprint density at radius 1 is 1.56 bits per heavy atom. The Labute approximate surface area is 96.5 Å². The van der Waals surface area contributed by atoms with E-state index in [9.17, 15) is 0 Å². The minimum atomic E-state index is 0.677. The third-order valence-electron chi connectivity index (χ3n) is 3.34. The maximum atomic E-state index is 9.04. The smallest absolute Gasteiger partial charge is 0.144 e. The predicted molar refractivity (Wildman–Crippen MR) is 64.1 cm³/mol. The zero-order valence-electron chi connectivity index (χ0n) is 9.66. The lowest BCUT2D eigenvalue weighted by molar-refractivity contribution is 0.303. The fourth-order valence-corrected chi connectivity index (χ4v) is 2.01. The highest BCUT2D eigenvalue weighted by Gasteiger charge is 2.16. The molecule has 3 heteroatoms. The average molecular weight is 215 g/mol. The maximum Gasteiger partial charge on any atom is 0.144 e. The quantitative estimate of drug-likeness (QED) is 0.840. The van der Waals surface area contributed by atoms with Crippen LogP contribution in [0.15, 0.2) is 12.3 Å². The topological polar surface area (TPSA) is 48.7 Å². The largest absolute Gasteiger partial charge is 0.369 e. The van der Waals surface area contributed by atoms with Gasteiger partial charge in [0.2, 0.25) is 0 Å². The Morgan fingerprint density at radius 3 is 3.00 bits per heavy atom. The number of hydrogen-bond acceptors (Lipinski definition) is 3. The Bertz CT molecular complexity index is 402. The van der Waals surface area contributed by atoms with Crippen molar-refractivity contribution in [2.75, 3.05) is 11.9 Å². The molecule has 0 aliphatic heterocycles. The van der Waals surface area contributed by atoms with Crippen molar-refractivity contribution in [3.8, 4) is 6.07 Å². The van der Waals surface area contributed by atoms with Gasteiger partial charge in [-0.25, -0.2) is 4.98 Å². The first-order chi connectivity index (χ1) is 7.81. The molecule has 1 saturated carbocycles. The van der Waals surface area contributed by atoms with Gasteiger partial charge in [0.05, 0.1) is 5.56 Å². The van der Waals surface area contributed by atoms with Crippen molar-refractivity contribution >= 4 is 5.82 Å². The van der Waals surface area contributed by atoms with Crippen LogP contribution in [0.1, 0.15) is 36.8 Å². The minimum absolute atomic E-state index is 0.677. The maximum absolute atomic E-state index is 9.04. The summed E-state index contributed by atoms with van der Waals surface area (Å²) >= 11 is 0. The van der Waals surface area contributed by atoms with Gasteiger partial charge in [0, 0.05) is 12.7 Å². The molecule has 0 saturated heterocycles. The van der Waals surface area contributed by atoms with Crippen LogP contribution in [0.2, 0.25) is 0 Å². The Morgan fingerprint density at radius 2 is 2.38 bits per heavy atom. The van der Waals surface area contributed by atoms with Gasteiger partial charge in [0.1, 0.15) is 11.9 Å². The predicted octanol–water partition coefficient (Wildman–Crippen LogP) is 2.86. The molecule has 0 amide bonds. The molecule has 84 valence electrons. The van der Waals surface area contributed by atoms with Crippen LogP contribution < -0.4 is 5.32 Å². The minimum Gasteiger partial charge on any atom is -0.369 e. The number of nitrogens with one attached hydrogen (secondary N) is 1. The van der Waals surface area contributed by atoms with Gasteiger partial charge in [-0.3, -0.25) is 0 Å². The first-order valence-corrected chi connectivity index (χ1v) is 5.91. The van der Waals surface area contributed by atoms with Gasteiger partial charge < -0.3 is 5.32 Å². The molecule has 2 rings (SSSR count). The van der Waals surface area contributed by atoms with Gasteiger partial charge >= 0.3 is 0 Å². The van der Waals surface area contributed by atoms with E-state index in [-0.39, 0.29) is 0 Å². The molecule has 3 nitrogen and oxygen atoms in total. The number of anilines is 1. The van der Waals surface area contributed by atoms with E-state index in [0.717, 1.165) is 23.8 Å². The fraction of sp³-hybridized carbons (Fsp3) is 0.538. The molecule has 1 N–H and O–H groups in total. The lowest BCUT2D eigenvalue weighted by Crippen LogP contribution is -2.16. The van der Waals surface area contributed by atoms with E-state index in [2.05, 4.69) is 16.4 Å². The van der Waals surface area contributed by atoms with E-state index in [1.54, 1.807) is 6.20 Å². The van der Waals surface area contributed by atoms with Crippen LogP contribution in [0.5, 0.6) is 0 Å².